The van der Waals surface area contributed by atoms with Gasteiger partial charge in [0.25, 0.3) is 0 Å². The van der Waals surface area contributed by atoms with Gasteiger partial charge in [-0.05, 0) is 33.8 Å². The third-order valence-corrected chi connectivity index (χ3v) is 3.31. The van der Waals surface area contributed by atoms with Crippen molar-refractivity contribution in [3.63, 3.8) is 0 Å². The summed E-state index contributed by atoms with van der Waals surface area (Å²) in [6.45, 7) is 8.80. The largest absolute Gasteiger partial charge is 0.444 e. The summed E-state index contributed by atoms with van der Waals surface area (Å²) in [7, 11) is 0. The monoisotopic (exact) mass is 248 g/mol. The molecule has 0 saturated carbocycles. The average molecular weight is 248 g/mol. The first-order valence-corrected chi connectivity index (χ1v) is 6.23. The van der Waals surface area contributed by atoms with Gasteiger partial charge >= 0.3 is 0 Å². The van der Waals surface area contributed by atoms with E-state index in [2.05, 4.69) is 29.2 Å². The van der Waals surface area contributed by atoms with E-state index in [4.69, 9.17) is 4.42 Å². The predicted octanol–water partition coefficient (Wildman–Crippen LogP) is 2.23. The van der Waals surface area contributed by atoms with Gasteiger partial charge in [-0.25, -0.2) is 4.98 Å². The zero-order chi connectivity index (χ0) is 13.1. The number of hydrogen-bond acceptors (Lipinski definition) is 4. The standard InChI is InChI=1S/C13H20N4O/c1-9(11(3)17-7-5-6-15-17)14-8-13-16-10(2)12(4)18-13/h5-7,9,11,14H,8H2,1-4H3/t9-,11-/m1/s1. The molecule has 0 aromatic carbocycles. The highest BCUT2D eigenvalue weighted by Crippen LogP contribution is 2.11. The van der Waals surface area contributed by atoms with Crippen molar-refractivity contribution in [3.8, 4) is 0 Å². The SMILES string of the molecule is Cc1nc(CN[C@H](C)[C@@H](C)n2cccn2)oc1C. The molecule has 0 fully saturated rings. The Kier molecular flexibility index (Phi) is 3.81. The lowest BCUT2D eigenvalue weighted by molar-refractivity contribution is 0.345. The smallest absolute Gasteiger partial charge is 0.208 e. The Hall–Kier alpha value is -1.62. The molecule has 0 radical (unpaired) electrons. The maximum absolute atomic E-state index is 5.54. The lowest BCUT2D eigenvalue weighted by Crippen LogP contribution is -2.33. The van der Waals surface area contributed by atoms with Gasteiger partial charge in [0.15, 0.2) is 0 Å². The van der Waals surface area contributed by atoms with E-state index in [1.165, 1.54) is 0 Å². The number of aryl methyl sites for hydroxylation is 2. The number of hydrogen-bond donors (Lipinski definition) is 1. The highest BCUT2D eigenvalue weighted by Gasteiger charge is 2.14. The second-order valence-corrected chi connectivity index (χ2v) is 4.65. The zero-order valence-corrected chi connectivity index (χ0v) is 11.3. The first-order valence-electron chi connectivity index (χ1n) is 6.23. The van der Waals surface area contributed by atoms with Gasteiger partial charge in [0, 0.05) is 18.4 Å². The van der Waals surface area contributed by atoms with Gasteiger partial charge in [-0.3, -0.25) is 4.68 Å². The zero-order valence-electron chi connectivity index (χ0n) is 11.3. The molecule has 2 aromatic rings. The van der Waals surface area contributed by atoms with E-state index in [-0.39, 0.29) is 12.1 Å². The van der Waals surface area contributed by atoms with Gasteiger partial charge < -0.3 is 9.73 Å². The molecular formula is C13H20N4O. The van der Waals surface area contributed by atoms with Gasteiger partial charge in [-0.1, -0.05) is 0 Å². The molecule has 0 aliphatic heterocycles. The van der Waals surface area contributed by atoms with Gasteiger partial charge in [0.1, 0.15) is 5.76 Å². The van der Waals surface area contributed by atoms with E-state index in [1.807, 2.05) is 30.8 Å². The molecule has 0 saturated heterocycles. The summed E-state index contributed by atoms with van der Waals surface area (Å²) in [6.07, 6.45) is 3.77. The second-order valence-electron chi connectivity index (χ2n) is 4.65. The molecule has 2 aromatic heterocycles. The summed E-state index contributed by atoms with van der Waals surface area (Å²) in [5.74, 6) is 1.63. The molecule has 0 spiro atoms. The number of nitrogens with one attached hydrogen (secondary N) is 1. The van der Waals surface area contributed by atoms with Crippen LogP contribution in [-0.4, -0.2) is 20.8 Å². The van der Waals surface area contributed by atoms with E-state index in [1.54, 1.807) is 6.20 Å². The minimum absolute atomic E-state index is 0.289. The van der Waals surface area contributed by atoms with Crippen molar-refractivity contribution >= 4 is 0 Å². The third-order valence-electron chi connectivity index (χ3n) is 3.31. The van der Waals surface area contributed by atoms with Crippen LogP contribution in [0.25, 0.3) is 0 Å². The van der Waals surface area contributed by atoms with Crippen LogP contribution < -0.4 is 5.32 Å². The van der Waals surface area contributed by atoms with Crippen molar-refractivity contribution in [2.75, 3.05) is 0 Å². The molecule has 2 heterocycles. The molecule has 2 rings (SSSR count). The Labute approximate surface area is 107 Å². The van der Waals surface area contributed by atoms with E-state index in [9.17, 15) is 0 Å². The van der Waals surface area contributed by atoms with E-state index < -0.39 is 0 Å². The molecule has 5 heteroatoms. The Morgan fingerprint density at radius 2 is 2.17 bits per heavy atom. The van der Waals surface area contributed by atoms with Crippen molar-refractivity contribution in [2.24, 2.45) is 0 Å². The van der Waals surface area contributed by atoms with Crippen molar-refractivity contribution in [1.82, 2.24) is 20.1 Å². The predicted molar refractivity (Wildman–Crippen MR) is 69.2 cm³/mol. The fraction of sp³-hybridized carbons (Fsp3) is 0.538. The number of rotatable bonds is 5. The van der Waals surface area contributed by atoms with Crippen molar-refractivity contribution in [1.29, 1.82) is 0 Å². The summed E-state index contributed by atoms with van der Waals surface area (Å²) in [4.78, 5) is 4.35. The maximum atomic E-state index is 5.54. The molecule has 5 nitrogen and oxygen atoms in total. The van der Waals surface area contributed by atoms with Crippen LogP contribution in [0.15, 0.2) is 22.9 Å². The summed E-state index contributed by atoms with van der Waals surface area (Å²) in [5.41, 5.74) is 0.958. The molecule has 0 amide bonds. The molecule has 1 N–H and O–H groups in total. The highest BCUT2D eigenvalue weighted by molar-refractivity contribution is 5.05. The van der Waals surface area contributed by atoms with Crippen molar-refractivity contribution in [2.45, 2.75) is 46.3 Å². The highest BCUT2D eigenvalue weighted by atomic mass is 16.4. The minimum atomic E-state index is 0.289. The van der Waals surface area contributed by atoms with Gasteiger partial charge in [-0.2, -0.15) is 5.10 Å². The van der Waals surface area contributed by atoms with Gasteiger partial charge in [-0.15, -0.1) is 0 Å². The van der Waals surface area contributed by atoms with Crippen molar-refractivity contribution in [3.05, 3.63) is 35.8 Å². The number of nitrogens with zero attached hydrogens (tertiary/aromatic N) is 3. The van der Waals surface area contributed by atoms with Crippen LogP contribution in [0.2, 0.25) is 0 Å². The Morgan fingerprint density at radius 1 is 1.39 bits per heavy atom. The number of oxazole rings is 1. The molecule has 98 valence electrons. The third kappa shape index (κ3) is 2.79. The first-order chi connectivity index (χ1) is 8.58. The minimum Gasteiger partial charge on any atom is -0.444 e. The van der Waals surface area contributed by atoms with E-state index in [0.29, 0.717) is 6.54 Å². The van der Waals surface area contributed by atoms with E-state index in [0.717, 1.165) is 17.3 Å². The Balaban J connectivity index is 1.90. The molecule has 0 bridgehead atoms. The van der Waals surface area contributed by atoms with Gasteiger partial charge in [0.05, 0.1) is 18.3 Å². The quantitative estimate of drug-likeness (QED) is 0.881. The van der Waals surface area contributed by atoms with Crippen LogP contribution in [-0.2, 0) is 6.54 Å². The average Bonchev–Trinajstić information content (AvgIpc) is 2.96. The van der Waals surface area contributed by atoms with Crippen LogP contribution in [0.1, 0.15) is 37.2 Å². The maximum Gasteiger partial charge on any atom is 0.208 e. The van der Waals surface area contributed by atoms with Crippen LogP contribution >= 0.6 is 0 Å². The lowest BCUT2D eigenvalue weighted by atomic mass is 10.2. The first kappa shape index (κ1) is 12.8. The molecule has 2 atom stereocenters. The van der Waals surface area contributed by atoms with Gasteiger partial charge in [0.2, 0.25) is 5.89 Å². The Bertz CT molecular complexity index is 470. The van der Waals surface area contributed by atoms with Crippen LogP contribution in [0.3, 0.4) is 0 Å². The molecular weight excluding hydrogens is 228 g/mol. The molecule has 0 unspecified atom stereocenters. The van der Waals surface area contributed by atoms with Crippen molar-refractivity contribution < 1.29 is 4.42 Å². The summed E-state index contributed by atoms with van der Waals surface area (Å²) >= 11 is 0. The normalized spacial score (nSPS) is 14.7. The van der Waals surface area contributed by atoms with Crippen LogP contribution in [0.5, 0.6) is 0 Å². The summed E-state index contributed by atoms with van der Waals surface area (Å²) in [5, 5.41) is 7.66. The molecule has 0 aliphatic rings. The fourth-order valence-electron chi connectivity index (χ4n) is 1.78. The fourth-order valence-corrected chi connectivity index (χ4v) is 1.78. The van der Waals surface area contributed by atoms with E-state index >= 15 is 0 Å². The Morgan fingerprint density at radius 3 is 2.72 bits per heavy atom. The van der Waals surface area contributed by atoms with Crippen LogP contribution in [0, 0.1) is 13.8 Å². The van der Waals surface area contributed by atoms with Crippen LogP contribution in [0.4, 0.5) is 0 Å². The molecule has 0 aliphatic carbocycles. The summed E-state index contributed by atoms with van der Waals surface area (Å²) < 4.78 is 7.49. The second kappa shape index (κ2) is 5.35. The summed E-state index contributed by atoms with van der Waals surface area (Å²) in [6, 6.07) is 2.51. The molecule has 18 heavy (non-hydrogen) atoms. The topological polar surface area (TPSA) is 55.9 Å². The lowest BCUT2D eigenvalue weighted by Gasteiger charge is -2.21. The number of aromatic nitrogens is 3.